The molecular weight excluding hydrogens is 473 g/mol. The molecule has 0 unspecified atom stereocenters. The number of hydrogen-bond acceptors (Lipinski definition) is 2. The zero-order valence-corrected chi connectivity index (χ0v) is 19.6. The standard InChI is InChI=1S/C25H27INO2/c1-5-25(6-2)26(29-19(4)17-18(3)28)23-14-10-9-13-22(23)24-21-12-8-7-11-20(21)15-16-27(24)25/h7-17H,5-6H2,1-4H3/q+1/b19-17-. The van der Waals surface area contributed by atoms with E-state index in [4.69, 9.17) is 3.07 Å². The van der Waals surface area contributed by atoms with Crippen LogP contribution in [-0.2, 0) is 11.4 Å². The average Bonchev–Trinajstić information content (AvgIpc) is 2.73. The monoisotopic (exact) mass is 500 g/mol. The summed E-state index contributed by atoms with van der Waals surface area (Å²) in [4.78, 5) is 11.6. The third kappa shape index (κ3) is 3.27. The predicted octanol–water partition coefficient (Wildman–Crippen LogP) is 6.38. The molecule has 1 aliphatic rings. The number of pyridine rings is 1. The Balaban J connectivity index is 2.03. The zero-order valence-electron chi connectivity index (χ0n) is 17.4. The van der Waals surface area contributed by atoms with Crippen LogP contribution in [0.4, 0.5) is 0 Å². The van der Waals surface area contributed by atoms with Crippen molar-refractivity contribution < 1.29 is 12.4 Å². The number of alkyl halides is 1. The fraction of sp³-hybridized carbons (Fsp3) is 0.280. The topological polar surface area (TPSA) is 30.2 Å². The molecule has 0 aliphatic carbocycles. The van der Waals surface area contributed by atoms with Crippen LogP contribution in [0, 0.1) is 3.57 Å². The van der Waals surface area contributed by atoms with E-state index in [0.29, 0.717) is 0 Å². The van der Waals surface area contributed by atoms with Crippen LogP contribution in [0.15, 0.2) is 72.6 Å². The molecule has 0 radical (unpaired) electrons. The van der Waals surface area contributed by atoms with Gasteiger partial charge in [0.2, 0.25) is 0 Å². The van der Waals surface area contributed by atoms with Crippen LogP contribution in [0.3, 0.4) is 0 Å². The number of aromatic nitrogens is 1. The van der Waals surface area contributed by atoms with Crippen LogP contribution < -0.4 is 4.57 Å². The fourth-order valence-corrected chi connectivity index (χ4v) is 10.6. The molecule has 0 amide bonds. The third-order valence-electron chi connectivity index (χ3n) is 5.61. The van der Waals surface area contributed by atoms with Gasteiger partial charge in [-0.15, -0.1) is 0 Å². The van der Waals surface area contributed by atoms with Crippen molar-refractivity contribution in [1.29, 1.82) is 0 Å². The molecule has 4 heteroatoms. The van der Waals surface area contributed by atoms with Crippen molar-refractivity contribution in [2.75, 3.05) is 0 Å². The van der Waals surface area contributed by atoms with Gasteiger partial charge < -0.3 is 0 Å². The molecule has 1 aromatic heterocycles. The predicted molar refractivity (Wildman–Crippen MR) is 126 cm³/mol. The Labute approximate surface area is 180 Å². The normalized spacial score (nSPS) is 16.3. The Morgan fingerprint density at radius 2 is 1.72 bits per heavy atom. The first kappa shape index (κ1) is 20.1. The summed E-state index contributed by atoms with van der Waals surface area (Å²) in [6, 6.07) is 19.5. The summed E-state index contributed by atoms with van der Waals surface area (Å²) in [5, 5.41) is 2.53. The second kappa shape index (κ2) is 7.90. The van der Waals surface area contributed by atoms with Gasteiger partial charge in [-0.1, -0.05) is 0 Å². The van der Waals surface area contributed by atoms with Crippen molar-refractivity contribution in [3.05, 3.63) is 76.2 Å². The number of carbonyl (C=O) groups excluding carboxylic acids is 1. The number of allylic oxidation sites excluding steroid dienone is 2. The first-order chi connectivity index (χ1) is 14.0. The molecule has 3 nitrogen and oxygen atoms in total. The Bertz CT molecular complexity index is 1110. The van der Waals surface area contributed by atoms with E-state index < -0.39 is 20.2 Å². The number of hydrogen-bond donors (Lipinski definition) is 0. The van der Waals surface area contributed by atoms with Gasteiger partial charge in [-0.05, 0) is 0 Å². The summed E-state index contributed by atoms with van der Waals surface area (Å²) >= 11 is -2.20. The Kier molecular flexibility index (Phi) is 5.47. The number of rotatable bonds is 5. The summed E-state index contributed by atoms with van der Waals surface area (Å²) in [6.07, 6.45) is 5.85. The van der Waals surface area contributed by atoms with Crippen molar-refractivity contribution in [2.45, 2.75) is 44.1 Å². The van der Waals surface area contributed by atoms with E-state index in [0.717, 1.165) is 18.6 Å². The minimum absolute atomic E-state index is 0.0290. The molecule has 2 aromatic carbocycles. The van der Waals surface area contributed by atoms with Gasteiger partial charge in [0, 0.05) is 0 Å². The number of benzene rings is 2. The Hall–Kier alpha value is -2.21. The van der Waals surface area contributed by atoms with Gasteiger partial charge in [-0.2, -0.15) is 0 Å². The van der Waals surface area contributed by atoms with Crippen LogP contribution in [-0.4, -0.2) is 5.78 Å². The van der Waals surface area contributed by atoms with Crippen molar-refractivity contribution >= 4 is 36.8 Å². The van der Waals surface area contributed by atoms with E-state index in [9.17, 15) is 4.79 Å². The SMILES string of the molecule is CCC1(CC)[n+]2ccc3ccccc3c2-c2ccccc2I1O/C(C)=C\C(C)=O. The van der Waals surface area contributed by atoms with Gasteiger partial charge in [0.1, 0.15) is 0 Å². The van der Waals surface area contributed by atoms with E-state index in [2.05, 4.69) is 79.2 Å². The molecule has 0 spiro atoms. The number of fused-ring (bicyclic) bond motifs is 5. The molecule has 0 bridgehead atoms. The van der Waals surface area contributed by atoms with E-state index in [1.807, 2.05) is 6.92 Å². The second-order valence-electron chi connectivity index (χ2n) is 7.42. The molecule has 0 N–H and O–H groups in total. The molecule has 3 aromatic rings. The van der Waals surface area contributed by atoms with Gasteiger partial charge in [0.25, 0.3) is 0 Å². The summed E-state index contributed by atoms with van der Waals surface area (Å²) in [5.74, 6) is 0.759. The molecule has 0 atom stereocenters. The number of halogens is 1. The number of nitrogens with zero attached hydrogens (tertiary/aromatic N) is 1. The summed E-state index contributed by atoms with van der Waals surface area (Å²) in [7, 11) is 0. The molecule has 2 heterocycles. The fourth-order valence-electron chi connectivity index (χ4n) is 4.28. The van der Waals surface area contributed by atoms with Crippen LogP contribution in [0.5, 0.6) is 0 Å². The van der Waals surface area contributed by atoms with Crippen LogP contribution in [0.1, 0.15) is 40.5 Å². The average molecular weight is 500 g/mol. The van der Waals surface area contributed by atoms with Crippen LogP contribution in [0.2, 0.25) is 0 Å². The maximum absolute atomic E-state index is 11.6. The van der Waals surface area contributed by atoms with E-state index in [-0.39, 0.29) is 9.33 Å². The van der Waals surface area contributed by atoms with Crippen molar-refractivity contribution in [3.63, 3.8) is 0 Å². The van der Waals surface area contributed by atoms with E-state index >= 15 is 0 Å². The molecule has 0 saturated carbocycles. The third-order valence-corrected chi connectivity index (χ3v) is 12.6. The zero-order chi connectivity index (χ0) is 20.6. The number of carbonyl (C=O) groups is 1. The molecule has 0 saturated heterocycles. The first-order valence-electron chi connectivity index (χ1n) is 10.1. The second-order valence-corrected chi connectivity index (χ2v) is 12.4. The summed E-state index contributed by atoms with van der Waals surface area (Å²) in [6.45, 7) is 8.02. The Morgan fingerprint density at radius 1 is 1.03 bits per heavy atom. The molecule has 29 heavy (non-hydrogen) atoms. The quantitative estimate of drug-likeness (QED) is 0.134. The summed E-state index contributed by atoms with van der Waals surface area (Å²) in [5.41, 5.74) is 2.55. The maximum atomic E-state index is 11.6. The first-order valence-corrected chi connectivity index (χ1v) is 13.2. The van der Waals surface area contributed by atoms with E-state index in [1.165, 1.54) is 25.6 Å². The minimum atomic E-state index is -2.20. The van der Waals surface area contributed by atoms with Crippen molar-refractivity contribution in [2.24, 2.45) is 0 Å². The van der Waals surface area contributed by atoms with Gasteiger partial charge in [-0.25, -0.2) is 0 Å². The van der Waals surface area contributed by atoms with Gasteiger partial charge in [0.15, 0.2) is 0 Å². The van der Waals surface area contributed by atoms with Gasteiger partial charge in [0.05, 0.1) is 0 Å². The molecule has 4 rings (SSSR count). The van der Waals surface area contributed by atoms with Crippen LogP contribution in [0.25, 0.3) is 22.0 Å². The van der Waals surface area contributed by atoms with Gasteiger partial charge >= 0.3 is 181 Å². The van der Waals surface area contributed by atoms with Crippen molar-refractivity contribution in [1.82, 2.24) is 0 Å². The van der Waals surface area contributed by atoms with Gasteiger partial charge in [-0.3, -0.25) is 0 Å². The molecular formula is C25H27INO2+. The van der Waals surface area contributed by atoms with Crippen molar-refractivity contribution in [3.8, 4) is 11.3 Å². The van der Waals surface area contributed by atoms with E-state index in [1.54, 1.807) is 13.0 Å². The Morgan fingerprint density at radius 3 is 2.45 bits per heavy atom. The summed E-state index contributed by atoms with van der Waals surface area (Å²) < 4.78 is 10.4. The molecule has 0 fully saturated rings. The van der Waals surface area contributed by atoms with Crippen LogP contribution >= 0.6 is 20.2 Å². The number of ketones is 1. The molecule has 1 aliphatic heterocycles. The molecule has 150 valence electrons.